The minimum Gasteiger partial charge on any atom is -0.465 e. The lowest BCUT2D eigenvalue weighted by atomic mass is 10.1. The first-order valence-electron chi connectivity index (χ1n) is 6.69. The van der Waals surface area contributed by atoms with Crippen molar-refractivity contribution in [1.82, 2.24) is 4.98 Å². The Labute approximate surface area is 127 Å². The molecule has 3 rings (SSSR count). The molecule has 106 valence electrons. The van der Waals surface area contributed by atoms with E-state index >= 15 is 0 Å². The number of benzene rings is 1. The van der Waals surface area contributed by atoms with Crippen LogP contribution in [0.2, 0.25) is 0 Å². The summed E-state index contributed by atoms with van der Waals surface area (Å²) < 4.78 is 4.85. The van der Waals surface area contributed by atoms with Gasteiger partial charge in [-0.1, -0.05) is 24.3 Å². The number of nitrogens with zero attached hydrogens (tertiary/aromatic N) is 1. The molecule has 2 aromatic heterocycles. The number of ether oxygens (including phenoxy) is 1. The fourth-order valence-corrected chi connectivity index (χ4v) is 3.33. The molecule has 4 heteroatoms. The maximum atomic E-state index is 11.8. The van der Waals surface area contributed by atoms with Gasteiger partial charge in [-0.05, 0) is 35.6 Å². The van der Waals surface area contributed by atoms with Crippen LogP contribution in [0.25, 0.3) is 10.9 Å². The molecule has 3 nitrogen and oxygen atoms in total. The Morgan fingerprint density at radius 1 is 1.24 bits per heavy atom. The van der Waals surface area contributed by atoms with Crippen molar-refractivity contribution in [3.63, 3.8) is 0 Å². The second kappa shape index (κ2) is 5.66. The third-order valence-corrected chi connectivity index (χ3v) is 4.61. The highest BCUT2D eigenvalue weighted by Crippen LogP contribution is 2.25. The van der Waals surface area contributed by atoms with Crippen LogP contribution in [-0.2, 0) is 11.2 Å². The number of thiophene rings is 1. The van der Waals surface area contributed by atoms with Gasteiger partial charge in [-0.25, -0.2) is 4.79 Å². The van der Waals surface area contributed by atoms with Crippen molar-refractivity contribution in [3.8, 4) is 0 Å². The van der Waals surface area contributed by atoms with E-state index in [4.69, 9.17) is 4.74 Å². The van der Waals surface area contributed by atoms with Gasteiger partial charge in [0.15, 0.2) is 0 Å². The number of aromatic nitrogens is 1. The lowest BCUT2D eigenvalue weighted by Gasteiger charge is -2.05. The van der Waals surface area contributed by atoms with E-state index in [0.717, 1.165) is 27.7 Å². The fourth-order valence-electron chi connectivity index (χ4n) is 2.34. The van der Waals surface area contributed by atoms with E-state index in [2.05, 4.69) is 11.1 Å². The van der Waals surface area contributed by atoms with Crippen LogP contribution in [0.1, 0.15) is 26.5 Å². The molecule has 0 saturated carbocycles. The Morgan fingerprint density at radius 2 is 2.05 bits per heavy atom. The number of pyridine rings is 1. The van der Waals surface area contributed by atoms with E-state index < -0.39 is 0 Å². The number of methoxy groups -OCH3 is 1. The first-order valence-corrected chi connectivity index (χ1v) is 7.57. The van der Waals surface area contributed by atoms with Crippen molar-refractivity contribution in [1.29, 1.82) is 0 Å². The summed E-state index contributed by atoms with van der Waals surface area (Å²) in [4.78, 5) is 17.2. The third-order valence-electron chi connectivity index (χ3n) is 3.49. The molecule has 0 bridgehead atoms. The van der Waals surface area contributed by atoms with Gasteiger partial charge in [0, 0.05) is 17.5 Å². The van der Waals surface area contributed by atoms with Gasteiger partial charge in [0.1, 0.15) is 4.88 Å². The standard InChI is InChI=1S/C17H15NO2S/c1-11-10-21-16(17(19)20-2)14(11)9-13-8-7-12-5-3-4-6-15(12)18-13/h3-8,10H,9H2,1-2H3. The van der Waals surface area contributed by atoms with E-state index in [1.165, 1.54) is 18.4 Å². The van der Waals surface area contributed by atoms with Crippen molar-refractivity contribution < 1.29 is 9.53 Å². The van der Waals surface area contributed by atoms with E-state index in [9.17, 15) is 4.79 Å². The smallest absolute Gasteiger partial charge is 0.348 e. The molecular weight excluding hydrogens is 282 g/mol. The maximum absolute atomic E-state index is 11.8. The highest BCUT2D eigenvalue weighted by Gasteiger charge is 2.17. The molecular formula is C17H15NO2S. The fraction of sp³-hybridized carbons (Fsp3) is 0.176. The average Bonchev–Trinajstić information content (AvgIpc) is 2.87. The van der Waals surface area contributed by atoms with Crippen LogP contribution >= 0.6 is 11.3 Å². The maximum Gasteiger partial charge on any atom is 0.348 e. The summed E-state index contributed by atoms with van der Waals surface area (Å²) in [6, 6.07) is 12.1. The molecule has 21 heavy (non-hydrogen) atoms. The highest BCUT2D eigenvalue weighted by atomic mass is 32.1. The number of esters is 1. The SMILES string of the molecule is COC(=O)c1scc(C)c1Cc1ccc2ccccc2n1. The third kappa shape index (κ3) is 2.67. The molecule has 3 aromatic rings. The minimum absolute atomic E-state index is 0.274. The second-order valence-electron chi connectivity index (χ2n) is 4.89. The quantitative estimate of drug-likeness (QED) is 0.686. The molecule has 0 N–H and O–H groups in total. The zero-order valence-corrected chi connectivity index (χ0v) is 12.7. The van der Waals surface area contributed by atoms with Crippen molar-refractivity contribution in [2.75, 3.05) is 7.11 Å². The lowest BCUT2D eigenvalue weighted by Crippen LogP contribution is -2.04. The van der Waals surface area contributed by atoms with Crippen molar-refractivity contribution in [2.45, 2.75) is 13.3 Å². The monoisotopic (exact) mass is 297 g/mol. The molecule has 0 aliphatic heterocycles. The van der Waals surface area contributed by atoms with Gasteiger partial charge >= 0.3 is 5.97 Å². The second-order valence-corrected chi connectivity index (χ2v) is 5.77. The Kier molecular flexibility index (Phi) is 3.71. The number of carbonyl (C=O) groups is 1. The molecule has 1 aromatic carbocycles. The van der Waals surface area contributed by atoms with Crippen molar-refractivity contribution in [2.24, 2.45) is 0 Å². The molecule has 0 amide bonds. The summed E-state index contributed by atoms with van der Waals surface area (Å²) in [6.07, 6.45) is 0.643. The summed E-state index contributed by atoms with van der Waals surface area (Å²) in [5.41, 5.74) is 4.05. The summed E-state index contributed by atoms with van der Waals surface area (Å²) in [7, 11) is 1.41. The normalized spacial score (nSPS) is 10.8. The molecule has 0 unspecified atom stereocenters. The number of para-hydroxylation sites is 1. The van der Waals surface area contributed by atoms with Crippen LogP contribution in [0, 0.1) is 6.92 Å². The van der Waals surface area contributed by atoms with Crippen LogP contribution in [0.5, 0.6) is 0 Å². The van der Waals surface area contributed by atoms with Gasteiger partial charge < -0.3 is 4.74 Å². The minimum atomic E-state index is -0.274. The van der Waals surface area contributed by atoms with E-state index in [-0.39, 0.29) is 5.97 Å². The highest BCUT2D eigenvalue weighted by molar-refractivity contribution is 7.12. The van der Waals surface area contributed by atoms with Gasteiger partial charge in [-0.15, -0.1) is 11.3 Å². The molecule has 0 aliphatic carbocycles. The predicted molar refractivity (Wildman–Crippen MR) is 84.9 cm³/mol. The zero-order valence-electron chi connectivity index (χ0n) is 11.9. The Morgan fingerprint density at radius 3 is 2.86 bits per heavy atom. The molecule has 0 atom stereocenters. The topological polar surface area (TPSA) is 39.2 Å². The largest absolute Gasteiger partial charge is 0.465 e. The van der Waals surface area contributed by atoms with Gasteiger partial charge in [0.05, 0.1) is 12.6 Å². The molecule has 0 spiro atoms. The van der Waals surface area contributed by atoms with Crippen LogP contribution in [0.4, 0.5) is 0 Å². The number of hydrogen-bond acceptors (Lipinski definition) is 4. The first kappa shape index (κ1) is 13.8. The van der Waals surface area contributed by atoms with Crippen LogP contribution in [0.3, 0.4) is 0 Å². The summed E-state index contributed by atoms with van der Waals surface area (Å²) in [6.45, 7) is 2.01. The molecule has 0 aliphatic rings. The summed E-state index contributed by atoms with van der Waals surface area (Å²) in [5.74, 6) is -0.274. The van der Waals surface area contributed by atoms with E-state index in [1.54, 1.807) is 0 Å². The number of aryl methyl sites for hydroxylation is 1. The number of fused-ring (bicyclic) bond motifs is 1. The average molecular weight is 297 g/mol. The molecule has 0 saturated heterocycles. The van der Waals surface area contributed by atoms with Crippen LogP contribution < -0.4 is 0 Å². The zero-order chi connectivity index (χ0) is 14.8. The van der Waals surface area contributed by atoms with Crippen molar-refractivity contribution in [3.05, 3.63) is 63.5 Å². The first-order chi connectivity index (χ1) is 10.2. The molecule has 2 heterocycles. The number of carbonyl (C=O) groups excluding carboxylic acids is 1. The van der Waals surface area contributed by atoms with Gasteiger partial charge in [-0.3, -0.25) is 4.98 Å². The number of rotatable bonds is 3. The van der Waals surface area contributed by atoms with Gasteiger partial charge in [0.25, 0.3) is 0 Å². The van der Waals surface area contributed by atoms with Crippen molar-refractivity contribution >= 4 is 28.2 Å². The van der Waals surface area contributed by atoms with E-state index in [0.29, 0.717) is 11.3 Å². The summed E-state index contributed by atoms with van der Waals surface area (Å²) >= 11 is 1.43. The molecule has 0 fully saturated rings. The van der Waals surface area contributed by atoms with Gasteiger partial charge in [-0.2, -0.15) is 0 Å². The Balaban J connectivity index is 1.98. The number of hydrogen-bond donors (Lipinski definition) is 0. The predicted octanol–water partition coefficient (Wildman–Crippen LogP) is 3.98. The van der Waals surface area contributed by atoms with Crippen LogP contribution in [-0.4, -0.2) is 18.1 Å². The Bertz CT molecular complexity index is 807. The van der Waals surface area contributed by atoms with Gasteiger partial charge in [0.2, 0.25) is 0 Å². The molecule has 0 radical (unpaired) electrons. The summed E-state index contributed by atoms with van der Waals surface area (Å²) in [5, 5.41) is 3.11. The van der Waals surface area contributed by atoms with E-state index in [1.807, 2.05) is 42.6 Å². The van der Waals surface area contributed by atoms with Crippen LogP contribution in [0.15, 0.2) is 41.8 Å². The Hall–Kier alpha value is -2.20. The lowest BCUT2D eigenvalue weighted by molar-refractivity contribution is 0.0605.